The van der Waals surface area contributed by atoms with E-state index in [1.165, 1.54) is 6.07 Å². The number of aliphatic imine (C=N–C) groups is 1. The number of guanidine groups is 1. The first-order valence-corrected chi connectivity index (χ1v) is 8.31. The fourth-order valence-electron chi connectivity index (χ4n) is 2.55. The van der Waals surface area contributed by atoms with Crippen LogP contribution in [-0.4, -0.2) is 19.3 Å². The first-order chi connectivity index (χ1) is 12.2. The molecule has 0 spiro atoms. The highest BCUT2D eigenvalue weighted by atomic mass is 127. The molecule has 0 saturated carbocycles. The third kappa shape index (κ3) is 5.23. The monoisotopic (exact) mass is 471 g/mol. The number of hydrogen-bond donors (Lipinski definition) is 2. The van der Waals surface area contributed by atoms with E-state index >= 15 is 0 Å². The van der Waals surface area contributed by atoms with Crippen molar-refractivity contribution in [1.29, 1.82) is 0 Å². The second-order valence-corrected chi connectivity index (χ2v) is 5.82. The molecular weight excluding hydrogens is 448 g/mol. The maximum atomic E-state index is 13.3. The van der Waals surface area contributed by atoms with Crippen molar-refractivity contribution in [1.82, 2.24) is 10.6 Å². The summed E-state index contributed by atoms with van der Waals surface area (Å²) in [5.74, 6) is 2.06. The Morgan fingerprint density at radius 2 is 1.85 bits per heavy atom. The van der Waals surface area contributed by atoms with Gasteiger partial charge in [0.05, 0.1) is 6.54 Å². The normalized spacial score (nSPS) is 12.5. The van der Waals surface area contributed by atoms with Crippen LogP contribution in [0.4, 0.5) is 4.39 Å². The molecule has 1 aliphatic heterocycles. The van der Waals surface area contributed by atoms with Gasteiger partial charge in [-0.25, -0.2) is 9.38 Å². The van der Waals surface area contributed by atoms with Gasteiger partial charge in [-0.15, -0.1) is 24.0 Å². The van der Waals surface area contributed by atoms with Crippen molar-refractivity contribution in [2.45, 2.75) is 26.9 Å². The van der Waals surface area contributed by atoms with E-state index in [2.05, 4.69) is 15.6 Å². The average Bonchev–Trinajstić information content (AvgIpc) is 3.08. The summed E-state index contributed by atoms with van der Waals surface area (Å²) in [6.07, 6.45) is 0. The SMILES string of the molecule is CCNC(=NCc1ccc(F)c(C)c1)NCc1ccc2c(c1)OCO2.I. The molecular formula is C19H23FIN3O2. The number of nitrogens with one attached hydrogen (secondary N) is 2. The van der Waals surface area contributed by atoms with E-state index in [1.54, 1.807) is 13.0 Å². The van der Waals surface area contributed by atoms with Crippen LogP contribution in [-0.2, 0) is 13.1 Å². The number of hydrogen-bond acceptors (Lipinski definition) is 3. The van der Waals surface area contributed by atoms with Gasteiger partial charge in [-0.3, -0.25) is 0 Å². The van der Waals surface area contributed by atoms with Crippen LogP contribution >= 0.6 is 24.0 Å². The molecule has 0 saturated heterocycles. The lowest BCUT2D eigenvalue weighted by Gasteiger charge is -2.12. The minimum absolute atomic E-state index is 0. The largest absolute Gasteiger partial charge is 0.454 e. The van der Waals surface area contributed by atoms with Gasteiger partial charge in [-0.1, -0.05) is 18.2 Å². The van der Waals surface area contributed by atoms with E-state index in [1.807, 2.05) is 31.2 Å². The maximum absolute atomic E-state index is 13.3. The van der Waals surface area contributed by atoms with Gasteiger partial charge in [-0.05, 0) is 48.7 Å². The zero-order valence-corrected chi connectivity index (χ0v) is 17.2. The van der Waals surface area contributed by atoms with Crippen molar-refractivity contribution < 1.29 is 13.9 Å². The standard InChI is InChI=1S/C19H22FN3O2.HI/c1-3-21-19(22-10-14-4-6-16(20)13(2)8-14)23-11-15-5-7-17-18(9-15)25-12-24-17;/h4-9H,3,10-12H2,1-2H3,(H2,21,22,23);1H. The first-order valence-electron chi connectivity index (χ1n) is 8.31. The van der Waals surface area contributed by atoms with Crippen LogP contribution in [0.15, 0.2) is 41.4 Å². The summed E-state index contributed by atoms with van der Waals surface area (Å²) in [4.78, 5) is 4.56. The van der Waals surface area contributed by atoms with E-state index in [9.17, 15) is 4.39 Å². The quantitative estimate of drug-likeness (QED) is 0.397. The Bertz CT molecular complexity index is 783. The van der Waals surface area contributed by atoms with E-state index in [-0.39, 0.29) is 36.6 Å². The highest BCUT2D eigenvalue weighted by Crippen LogP contribution is 2.32. The Balaban J connectivity index is 0.00000243. The summed E-state index contributed by atoms with van der Waals surface area (Å²) in [6, 6.07) is 10.9. The molecule has 2 aromatic carbocycles. The Kier molecular flexibility index (Phi) is 7.50. The van der Waals surface area contributed by atoms with E-state index < -0.39 is 0 Å². The molecule has 2 aromatic rings. The van der Waals surface area contributed by atoms with Crippen LogP contribution in [0, 0.1) is 12.7 Å². The van der Waals surface area contributed by atoms with Crippen molar-refractivity contribution in [2.75, 3.05) is 13.3 Å². The summed E-state index contributed by atoms with van der Waals surface area (Å²) in [6.45, 7) is 5.90. The number of ether oxygens (including phenoxy) is 2. The molecule has 140 valence electrons. The van der Waals surface area contributed by atoms with Crippen LogP contribution in [0.25, 0.3) is 0 Å². The highest BCUT2D eigenvalue weighted by molar-refractivity contribution is 14.0. The van der Waals surface area contributed by atoms with Crippen LogP contribution in [0.2, 0.25) is 0 Å². The lowest BCUT2D eigenvalue weighted by atomic mass is 10.1. The fraction of sp³-hybridized carbons (Fsp3) is 0.316. The highest BCUT2D eigenvalue weighted by Gasteiger charge is 2.13. The maximum Gasteiger partial charge on any atom is 0.231 e. The van der Waals surface area contributed by atoms with Gasteiger partial charge in [0.15, 0.2) is 17.5 Å². The van der Waals surface area contributed by atoms with Crippen LogP contribution in [0.3, 0.4) is 0 Å². The van der Waals surface area contributed by atoms with Gasteiger partial charge < -0.3 is 20.1 Å². The summed E-state index contributed by atoms with van der Waals surface area (Å²) < 4.78 is 24.1. The Morgan fingerprint density at radius 3 is 2.62 bits per heavy atom. The Labute approximate surface area is 170 Å². The number of nitrogens with zero attached hydrogens (tertiary/aromatic N) is 1. The van der Waals surface area contributed by atoms with Gasteiger partial charge >= 0.3 is 0 Å². The molecule has 2 N–H and O–H groups in total. The lowest BCUT2D eigenvalue weighted by molar-refractivity contribution is 0.174. The number of halogens is 2. The molecule has 0 amide bonds. The van der Waals surface area contributed by atoms with Crippen molar-refractivity contribution in [3.05, 3.63) is 58.9 Å². The molecule has 0 fully saturated rings. The van der Waals surface area contributed by atoms with Gasteiger partial charge in [-0.2, -0.15) is 0 Å². The van der Waals surface area contributed by atoms with Crippen molar-refractivity contribution >= 4 is 29.9 Å². The molecule has 0 aliphatic carbocycles. The van der Waals surface area contributed by atoms with E-state index in [0.717, 1.165) is 29.2 Å². The first kappa shape index (κ1) is 20.3. The van der Waals surface area contributed by atoms with E-state index in [4.69, 9.17) is 9.47 Å². The number of rotatable bonds is 5. The minimum Gasteiger partial charge on any atom is -0.454 e. The zero-order chi connectivity index (χ0) is 17.6. The van der Waals surface area contributed by atoms with Crippen molar-refractivity contribution in [3.63, 3.8) is 0 Å². The molecule has 5 nitrogen and oxygen atoms in total. The molecule has 1 heterocycles. The Hall–Kier alpha value is -2.03. The second kappa shape index (κ2) is 9.61. The number of aryl methyl sites for hydroxylation is 1. The second-order valence-electron chi connectivity index (χ2n) is 5.82. The van der Waals surface area contributed by atoms with Gasteiger partial charge in [0.1, 0.15) is 5.82 Å². The topological polar surface area (TPSA) is 54.9 Å². The van der Waals surface area contributed by atoms with Crippen LogP contribution in [0.5, 0.6) is 11.5 Å². The summed E-state index contributed by atoms with van der Waals surface area (Å²) in [7, 11) is 0. The summed E-state index contributed by atoms with van der Waals surface area (Å²) in [5.41, 5.74) is 2.68. The molecule has 0 atom stereocenters. The Morgan fingerprint density at radius 1 is 1.08 bits per heavy atom. The number of benzene rings is 2. The van der Waals surface area contributed by atoms with Gasteiger partial charge in [0.25, 0.3) is 0 Å². The summed E-state index contributed by atoms with van der Waals surface area (Å²) in [5, 5.41) is 6.50. The van der Waals surface area contributed by atoms with Crippen molar-refractivity contribution in [2.24, 2.45) is 4.99 Å². The predicted molar refractivity (Wildman–Crippen MR) is 111 cm³/mol. The molecule has 1 aliphatic rings. The molecule has 3 rings (SSSR count). The zero-order valence-electron chi connectivity index (χ0n) is 14.8. The lowest BCUT2D eigenvalue weighted by Crippen LogP contribution is -2.36. The molecule has 0 radical (unpaired) electrons. The van der Waals surface area contributed by atoms with Crippen LogP contribution in [0.1, 0.15) is 23.6 Å². The molecule has 0 bridgehead atoms. The molecule has 0 unspecified atom stereocenters. The predicted octanol–water partition coefficient (Wildman–Crippen LogP) is 3.74. The molecule has 26 heavy (non-hydrogen) atoms. The molecule has 0 aromatic heterocycles. The van der Waals surface area contributed by atoms with Gasteiger partial charge in [0, 0.05) is 13.1 Å². The van der Waals surface area contributed by atoms with E-state index in [0.29, 0.717) is 24.6 Å². The van der Waals surface area contributed by atoms with Crippen molar-refractivity contribution in [3.8, 4) is 11.5 Å². The average molecular weight is 471 g/mol. The van der Waals surface area contributed by atoms with Gasteiger partial charge in [0.2, 0.25) is 6.79 Å². The third-order valence-corrected chi connectivity index (χ3v) is 3.88. The van der Waals surface area contributed by atoms with Crippen LogP contribution < -0.4 is 20.1 Å². The summed E-state index contributed by atoms with van der Waals surface area (Å²) >= 11 is 0. The fourth-order valence-corrected chi connectivity index (χ4v) is 2.55. The smallest absolute Gasteiger partial charge is 0.231 e. The molecule has 7 heteroatoms. The third-order valence-electron chi connectivity index (χ3n) is 3.88. The number of fused-ring (bicyclic) bond motifs is 1. The minimum atomic E-state index is -0.194.